The van der Waals surface area contributed by atoms with Crippen LogP contribution in [0.25, 0.3) is 0 Å². The molecule has 0 radical (unpaired) electrons. The van der Waals surface area contributed by atoms with E-state index < -0.39 is 10.4 Å². The summed E-state index contributed by atoms with van der Waals surface area (Å²) in [6.07, 6.45) is 0. The molecule has 0 aliphatic rings. The number of benzene rings is 1. The van der Waals surface area contributed by atoms with Gasteiger partial charge in [-0.05, 0) is 11.5 Å². The molecule has 0 fully saturated rings. The molecule has 6 heteroatoms. The highest BCUT2D eigenvalue weighted by Crippen LogP contribution is 2.11. The molecule has 0 unspecified atom stereocenters. The Morgan fingerprint density at radius 3 is 1.60 bits per heavy atom. The van der Waals surface area contributed by atoms with E-state index in [9.17, 15) is 0 Å². The second kappa shape index (κ2) is 7.36. The number of hydrogen-bond acceptors (Lipinski definition) is 4. The van der Waals surface area contributed by atoms with Crippen molar-refractivity contribution in [2.75, 3.05) is 0 Å². The molecule has 15 heavy (non-hydrogen) atoms. The van der Waals surface area contributed by atoms with Crippen molar-refractivity contribution in [2.45, 2.75) is 19.8 Å². The smallest absolute Gasteiger partial charge is 0.0311 e. The SMILES string of the molecule is CC(C)c1ccccc1.O=S(=O)([O-])[O-].[NH4+]. The third-order valence-corrected chi connectivity index (χ3v) is 1.47. The predicted molar refractivity (Wildman–Crippen MR) is 57.0 cm³/mol. The van der Waals surface area contributed by atoms with Crippen LogP contribution in [0.5, 0.6) is 0 Å². The van der Waals surface area contributed by atoms with Gasteiger partial charge in [-0.1, -0.05) is 44.2 Å². The molecule has 0 spiro atoms. The van der Waals surface area contributed by atoms with E-state index >= 15 is 0 Å². The van der Waals surface area contributed by atoms with Crippen molar-refractivity contribution in [2.24, 2.45) is 0 Å². The molecule has 0 bridgehead atoms. The fourth-order valence-corrected chi connectivity index (χ4v) is 0.838. The molecule has 0 saturated heterocycles. The minimum absolute atomic E-state index is 0. The molecule has 0 saturated carbocycles. The van der Waals surface area contributed by atoms with E-state index in [2.05, 4.69) is 38.1 Å². The van der Waals surface area contributed by atoms with Gasteiger partial charge in [0, 0.05) is 10.4 Å². The summed E-state index contributed by atoms with van der Waals surface area (Å²) in [6.45, 7) is 4.41. The van der Waals surface area contributed by atoms with Gasteiger partial charge in [-0.2, -0.15) is 0 Å². The third-order valence-electron chi connectivity index (χ3n) is 1.47. The molecule has 4 N–H and O–H groups in total. The van der Waals surface area contributed by atoms with E-state index in [1.807, 2.05) is 6.07 Å². The summed E-state index contributed by atoms with van der Waals surface area (Å²) in [5.74, 6) is 0.659. The van der Waals surface area contributed by atoms with E-state index in [4.69, 9.17) is 17.5 Å². The maximum atomic E-state index is 8.52. The summed E-state index contributed by atoms with van der Waals surface area (Å²) in [6, 6.07) is 10.5. The van der Waals surface area contributed by atoms with Crippen LogP contribution < -0.4 is 6.15 Å². The molecule has 1 aromatic rings. The number of hydrogen-bond donors (Lipinski definition) is 1. The van der Waals surface area contributed by atoms with Gasteiger partial charge >= 0.3 is 0 Å². The maximum absolute atomic E-state index is 8.52. The van der Waals surface area contributed by atoms with Crippen LogP contribution in [0, 0.1) is 0 Å². The zero-order valence-corrected chi connectivity index (χ0v) is 9.82. The first-order valence-electron chi connectivity index (χ1n) is 4.02. The van der Waals surface area contributed by atoms with E-state index in [0.717, 1.165) is 0 Å². The molecule has 0 aliphatic carbocycles. The Morgan fingerprint density at radius 2 is 1.40 bits per heavy atom. The van der Waals surface area contributed by atoms with Crippen molar-refractivity contribution < 1.29 is 17.5 Å². The van der Waals surface area contributed by atoms with Crippen LogP contribution >= 0.6 is 0 Å². The Balaban J connectivity index is 0. The van der Waals surface area contributed by atoms with Gasteiger partial charge in [0.2, 0.25) is 0 Å². The van der Waals surface area contributed by atoms with E-state index in [-0.39, 0.29) is 6.15 Å². The summed E-state index contributed by atoms with van der Waals surface area (Å²) < 4.78 is 34.1. The molecule has 88 valence electrons. The van der Waals surface area contributed by atoms with Crippen LogP contribution in [0.3, 0.4) is 0 Å². The Labute approximate surface area is 90.3 Å². The monoisotopic (exact) mass is 234 g/mol. The van der Waals surface area contributed by atoms with Gasteiger partial charge in [0.05, 0.1) is 0 Å². The van der Waals surface area contributed by atoms with Gasteiger partial charge in [0.1, 0.15) is 0 Å². The van der Waals surface area contributed by atoms with E-state index in [1.54, 1.807) is 0 Å². The molecule has 1 aromatic carbocycles. The third kappa shape index (κ3) is 13.1. The summed E-state index contributed by atoms with van der Waals surface area (Å²) in [5.41, 5.74) is 1.41. The van der Waals surface area contributed by atoms with Crippen LogP contribution in [0.2, 0.25) is 0 Å². The lowest BCUT2D eigenvalue weighted by Crippen LogP contribution is -1.91. The van der Waals surface area contributed by atoms with Crippen LogP contribution in [0.4, 0.5) is 0 Å². The second-order valence-electron chi connectivity index (χ2n) is 2.97. The lowest BCUT2D eigenvalue weighted by atomic mass is 10.0. The lowest BCUT2D eigenvalue weighted by molar-refractivity contribution is 0.352. The van der Waals surface area contributed by atoms with Gasteiger partial charge in [-0.15, -0.1) is 0 Å². The maximum Gasteiger partial charge on any atom is 0.0311 e. The Bertz CT molecular complexity index is 340. The summed E-state index contributed by atoms with van der Waals surface area (Å²) in [7, 11) is -5.17. The van der Waals surface area contributed by atoms with Crippen LogP contribution in [0.1, 0.15) is 25.3 Å². The Hall–Kier alpha value is -0.950. The van der Waals surface area contributed by atoms with Crippen LogP contribution in [-0.2, 0) is 10.4 Å². The van der Waals surface area contributed by atoms with Crippen molar-refractivity contribution in [1.82, 2.24) is 6.15 Å². The first-order valence-corrected chi connectivity index (χ1v) is 5.35. The van der Waals surface area contributed by atoms with Crippen molar-refractivity contribution in [3.8, 4) is 0 Å². The summed E-state index contributed by atoms with van der Waals surface area (Å²) >= 11 is 0. The molecule has 0 amide bonds. The fourth-order valence-electron chi connectivity index (χ4n) is 0.838. The van der Waals surface area contributed by atoms with Crippen LogP contribution in [-0.4, -0.2) is 17.5 Å². The minimum atomic E-state index is -5.17. The first-order chi connectivity index (χ1) is 6.30. The minimum Gasteiger partial charge on any atom is -0.759 e. The Kier molecular flexibility index (Phi) is 8.08. The molecule has 0 heterocycles. The zero-order chi connectivity index (χ0) is 11.2. The average molecular weight is 234 g/mol. The van der Waals surface area contributed by atoms with E-state index in [1.165, 1.54) is 5.56 Å². The highest BCUT2D eigenvalue weighted by Gasteiger charge is 1.93. The topological polar surface area (TPSA) is 117 Å². The van der Waals surface area contributed by atoms with Crippen molar-refractivity contribution >= 4 is 10.4 Å². The second-order valence-corrected chi connectivity index (χ2v) is 3.79. The lowest BCUT2D eigenvalue weighted by Gasteiger charge is -2.06. The molecule has 0 aliphatic heterocycles. The molecule has 0 aromatic heterocycles. The largest absolute Gasteiger partial charge is 0.759 e. The van der Waals surface area contributed by atoms with Gasteiger partial charge in [-0.3, -0.25) is 8.42 Å². The number of quaternary nitrogens is 1. The number of rotatable bonds is 1. The van der Waals surface area contributed by atoms with Crippen molar-refractivity contribution in [3.05, 3.63) is 35.9 Å². The van der Waals surface area contributed by atoms with Gasteiger partial charge in [0.15, 0.2) is 0 Å². The summed E-state index contributed by atoms with van der Waals surface area (Å²) in [5, 5.41) is 0. The first kappa shape index (κ1) is 16.5. The molecule has 5 nitrogen and oxygen atoms in total. The predicted octanol–water partition coefficient (Wildman–Crippen LogP) is 1.85. The van der Waals surface area contributed by atoms with Crippen molar-refractivity contribution in [3.63, 3.8) is 0 Å². The van der Waals surface area contributed by atoms with Gasteiger partial charge in [-0.25, -0.2) is 0 Å². The highest BCUT2D eigenvalue weighted by molar-refractivity contribution is 7.79. The van der Waals surface area contributed by atoms with E-state index in [0.29, 0.717) is 5.92 Å². The fraction of sp³-hybridized carbons (Fsp3) is 0.333. The standard InChI is InChI=1S/C9H12.H3N.H2O4S/c1-8(2)9-6-4-3-5-7-9;;1-5(2,3)4/h3-8H,1-2H3;1H3;(H2,1,2,3,4)/p-1. The Morgan fingerprint density at radius 1 is 1.07 bits per heavy atom. The molecular weight excluding hydrogens is 218 g/mol. The average Bonchev–Trinajstić information content (AvgIpc) is 2.03. The van der Waals surface area contributed by atoms with Gasteiger partial charge < -0.3 is 15.3 Å². The molecular formula is C9H16NO4S-. The normalized spacial score (nSPS) is 9.93. The zero-order valence-electron chi connectivity index (χ0n) is 9.01. The summed E-state index contributed by atoms with van der Waals surface area (Å²) in [4.78, 5) is 0. The molecule has 0 atom stereocenters. The van der Waals surface area contributed by atoms with Crippen LogP contribution in [0.15, 0.2) is 30.3 Å². The van der Waals surface area contributed by atoms with Crippen molar-refractivity contribution in [1.29, 1.82) is 0 Å². The van der Waals surface area contributed by atoms with Gasteiger partial charge in [0.25, 0.3) is 0 Å². The quantitative estimate of drug-likeness (QED) is 0.589. The molecule has 1 rings (SSSR count). The highest BCUT2D eigenvalue weighted by atomic mass is 32.3.